The number of nitrogens with zero attached hydrogens (tertiary/aromatic N) is 1. The minimum atomic E-state index is -0.477. The first kappa shape index (κ1) is 15.0. The Hall–Kier alpha value is -0.930. The van der Waals surface area contributed by atoms with Crippen LogP contribution in [0.4, 0.5) is 4.39 Å². The van der Waals surface area contributed by atoms with Crippen LogP contribution < -0.4 is 0 Å². The molecule has 1 aromatic rings. The second kappa shape index (κ2) is 6.89. The zero-order valence-corrected chi connectivity index (χ0v) is 12.7. The highest BCUT2D eigenvalue weighted by molar-refractivity contribution is 5.18. The number of likely N-dealkylation sites (tertiary alicyclic amines) is 1. The molecule has 3 rings (SSSR count). The fourth-order valence-corrected chi connectivity index (χ4v) is 4.15. The molecule has 1 aliphatic carbocycles. The maximum absolute atomic E-state index is 12.9. The van der Waals surface area contributed by atoms with Gasteiger partial charge in [0.15, 0.2) is 0 Å². The summed E-state index contributed by atoms with van der Waals surface area (Å²) in [5.74, 6) is 0.641. The Morgan fingerprint density at radius 2 is 1.81 bits per heavy atom. The van der Waals surface area contributed by atoms with Gasteiger partial charge < -0.3 is 10.0 Å². The molecule has 1 saturated heterocycles. The molecule has 1 heterocycles. The van der Waals surface area contributed by atoms with E-state index in [-0.39, 0.29) is 5.82 Å². The van der Waals surface area contributed by atoms with E-state index in [0.29, 0.717) is 0 Å². The second-order valence-electron chi connectivity index (χ2n) is 6.65. The molecule has 1 aromatic carbocycles. The van der Waals surface area contributed by atoms with Crippen molar-refractivity contribution in [3.63, 3.8) is 0 Å². The summed E-state index contributed by atoms with van der Waals surface area (Å²) in [6.45, 7) is 2.14. The van der Waals surface area contributed by atoms with Crippen molar-refractivity contribution in [1.82, 2.24) is 4.90 Å². The van der Waals surface area contributed by atoms with Crippen LogP contribution in [0.1, 0.15) is 56.6 Å². The lowest BCUT2D eigenvalue weighted by Crippen LogP contribution is -2.47. The van der Waals surface area contributed by atoms with Gasteiger partial charge in [0.05, 0.1) is 6.10 Å². The molecule has 0 amide bonds. The summed E-state index contributed by atoms with van der Waals surface area (Å²) in [6.07, 6.45) is 8.43. The van der Waals surface area contributed by atoms with Crippen LogP contribution in [0.3, 0.4) is 0 Å². The third-order valence-corrected chi connectivity index (χ3v) is 5.30. The van der Waals surface area contributed by atoms with E-state index in [1.807, 2.05) is 0 Å². The number of rotatable bonds is 4. The number of benzene rings is 1. The Morgan fingerprint density at radius 1 is 1.10 bits per heavy atom. The molecular weight excluding hydrogens is 265 g/mol. The van der Waals surface area contributed by atoms with E-state index in [0.717, 1.165) is 30.5 Å². The lowest BCUT2D eigenvalue weighted by molar-refractivity contribution is 0.0456. The van der Waals surface area contributed by atoms with Crippen LogP contribution in [0, 0.1) is 11.7 Å². The Bertz CT molecular complexity index is 445. The van der Waals surface area contributed by atoms with Crippen LogP contribution in [-0.4, -0.2) is 29.1 Å². The zero-order chi connectivity index (χ0) is 14.7. The zero-order valence-electron chi connectivity index (χ0n) is 12.7. The van der Waals surface area contributed by atoms with Crippen LogP contribution >= 0.6 is 0 Å². The Kier molecular flexibility index (Phi) is 4.91. The van der Waals surface area contributed by atoms with Crippen molar-refractivity contribution >= 4 is 0 Å². The first-order valence-corrected chi connectivity index (χ1v) is 8.41. The summed E-state index contributed by atoms with van der Waals surface area (Å²) in [5.41, 5.74) is 0.827. The molecule has 1 aliphatic heterocycles. The number of halogens is 1. The van der Waals surface area contributed by atoms with Gasteiger partial charge in [0.1, 0.15) is 5.82 Å². The summed E-state index contributed by atoms with van der Waals surface area (Å²) in [7, 11) is 0. The van der Waals surface area contributed by atoms with E-state index in [1.54, 1.807) is 12.1 Å². The summed E-state index contributed by atoms with van der Waals surface area (Å²) in [4.78, 5) is 2.60. The minimum absolute atomic E-state index is 0.243. The van der Waals surface area contributed by atoms with E-state index in [9.17, 15) is 9.50 Å². The molecule has 3 heteroatoms. The first-order chi connectivity index (χ1) is 10.2. The number of piperidine rings is 1. The molecule has 3 atom stereocenters. The number of aliphatic hydroxyl groups excluding tert-OH is 1. The molecule has 0 spiro atoms. The van der Waals surface area contributed by atoms with E-state index in [2.05, 4.69) is 4.90 Å². The van der Waals surface area contributed by atoms with Crippen molar-refractivity contribution in [2.75, 3.05) is 13.1 Å². The van der Waals surface area contributed by atoms with Gasteiger partial charge in [-0.15, -0.1) is 0 Å². The van der Waals surface area contributed by atoms with Crippen LogP contribution in [0.15, 0.2) is 24.3 Å². The summed E-state index contributed by atoms with van der Waals surface area (Å²) in [5, 5.41) is 10.3. The first-order valence-electron chi connectivity index (χ1n) is 8.41. The van der Waals surface area contributed by atoms with Crippen molar-refractivity contribution in [2.24, 2.45) is 5.92 Å². The second-order valence-corrected chi connectivity index (χ2v) is 6.65. The average molecular weight is 291 g/mol. The lowest BCUT2D eigenvalue weighted by atomic mass is 9.78. The number of hydrogen-bond acceptors (Lipinski definition) is 2. The predicted molar refractivity (Wildman–Crippen MR) is 82.5 cm³/mol. The number of hydrogen-bond donors (Lipinski definition) is 1. The topological polar surface area (TPSA) is 23.5 Å². The number of aliphatic hydroxyl groups is 1. The Labute approximate surface area is 127 Å². The molecule has 2 aliphatic rings. The van der Waals surface area contributed by atoms with Gasteiger partial charge in [-0.1, -0.05) is 25.0 Å². The quantitative estimate of drug-likeness (QED) is 0.909. The largest absolute Gasteiger partial charge is 0.388 e. The standard InChI is InChI=1S/C18H26FNO/c19-16-9-7-15(8-10-16)18(21)11-13-20-12-3-5-14-4-1-2-6-17(14)20/h7-10,14,17-18,21H,1-6,11-13H2. The third-order valence-electron chi connectivity index (χ3n) is 5.30. The predicted octanol–water partition coefficient (Wildman–Crippen LogP) is 3.90. The monoisotopic (exact) mass is 291 g/mol. The Balaban J connectivity index is 1.55. The molecular formula is C18H26FNO. The number of fused-ring (bicyclic) bond motifs is 1. The van der Waals surface area contributed by atoms with Gasteiger partial charge in [-0.3, -0.25) is 0 Å². The molecule has 0 bridgehead atoms. The molecule has 0 aromatic heterocycles. The molecule has 21 heavy (non-hydrogen) atoms. The highest BCUT2D eigenvalue weighted by Gasteiger charge is 2.32. The molecule has 2 fully saturated rings. The lowest BCUT2D eigenvalue weighted by Gasteiger charge is -2.44. The maximum Gasteiger partial charge on any atom is 0.123 e. The van der Waals surface area contributed by atoms with Crippen molar-refractivity contribution in [2.45, 2.75) is 57.1 Å². The fraction of sp³-hybridized carbons (Fsp3) is 0.667. The van der Waals surface area contributed by atoms with Crippen LogP contribution in [0.5, 0.6) is 0 Å². The van der Waals surface area contributed by atoms with E-state index in [4.69, 9.17) is 0 Å². The van der Waals surface area contributed by atoms with Crippen LogP contribution in [0.2, 0.25) is 0 Å². The van der Waals surface area contributed by atoms with Crippen molar-refractivity contribution in [1.29, 1.82) is 0 Å². The fourth-order valence-electron chi connectivity index (χ4n) is 4.15. The van der Waals surface area contributed by atoms with Gasteiger partial charge in [0.2, 0.25) is 0 Å². The normalized spacial score (nSPS) is 28.1. The van der Waals surface area contributed by atoms with E-state index >= 15 is 0 Å². The summed E-state index contributed by atoms with van der Waals surface area (Å²) in [6, 6.07) is 6.99. The average Bonchev–Trinajstić information content (AvgIpc) is 2.53. The van der Waals surface area contributed by atoms with Gasteiger partial charge >= 0.3 is 0 Å². The van der Waals surface area contributed by atoms with Crippen molar-refractivity contribution < 1.29 is 9.50 Å². The van der Waals surface area contributed by atoms with Gasteiger partial charge in [0.25, 0.3) is 0 Å². The van der Waals surface area contributed by atoms with Gasteiger partial charge in [0, 0.05) is 12.6 Å². The maximum atomic E-state index is 12.9. The molecule has 0 radical (unpaired) electrons. The van der Waals surface area contributed by atoms with Gasteiger partial charge in [-0.05, 0) is 62.3 Å². The summed E-state index contributed by atoms with van der Waals surface area (Å²) >= 11 is 0. The highest BCUT2D eigenvalue weighted by Crippen LogP contribution is 2.35. The van der Waals surface area contributed by atoms with Gasteiger partial charge in [-0.25, -0.2) is 4.39 Å². The smallest absolute Gasteiger partial charge is 0.123 e. The Morgan fingerprint density at radius 3 is 2.62 bits per heavy atom. The minimum Gasteiger partial charge on any atom is -0.388 e. The third kappa shape index (κ3) is 3.64. The SMILES string of the molecule is OC(CCN1CCCC2CCCCC21)c1ccc(F)cc1. The molecule has 2 nitrogen and oxygen atoms in total. The van der Waals surface area contributed by atoms with Crippen molar-refractivity contribution in [3.05, 3.63) is 35.6 Å². The van der Waals surface area contributed by atoms with Gasteiger partial charge in [-0.2, -0.15) is 0 Å². The molecule has 1 N–H and O–H groups in total. The molecule has 3 unspecified atom stereocenters. The summed E-state index contributed by atoms with van der Waals surface area (Å²) < 4.78 is 12.9. The van der Waals surface area contributed by atoms with E-state index < -0.39 is 6.10 Å². The highest BCUT2D eigenvalue weighted by atomic mass is 19.1. The van der Waals surface area contributed by atoms with Crippen LogP contribution in [0.25, 0.3) is 0 Å². The van der Waals surface area contributed by atoms with Crippen molar-refractivity contribution in [3.8, 4) is 0 Å². The van der Waals surface area contributed by atoms with Crippen LogP contribution in [-0.2, 0) is 0 Å². The molecule has 1 saturated carbocycles. The van der Waals surface area contributed by atoms with E-state index in [1.165, 1.54) is 57.2 Å². The molecule has 116 valence electrons.